The summed E-state index contributed by atoms with van der Waals surface area (Å²) in [6.07, 6.45) is -0.111. The lowest BCUT2D eigenvalue weighted by atomic mass is 9.91. The van der Waals surface area contributed by atoms with Crippen LogP contribution in [0.1, 0.15) is 31.9 Å². The molecule has 1 rings (SSSR count). The maximum absolute atomic E-state index is 13.8. The second-order valence-electron chi connectivity index (χ2n) is 4.16. The summed E-state index contributed by atoms with van der Waals surface area (Å²) in [5.41, 5.74) is 5.93. The minimum atomic E-state index is -0.879. The number of halogens is 4. The lowest BCUT2D eigenvalue weighted by Crippen LogP contribution is -2.32. The van der Waals surface area contributed by atoms with Gasteiger partial charge in [-0.1, -0.05) is 43.5 Å². The summed E-state index contributed by atoms with van der Waals surface area (Å²) in [6, 6.07) is 1.97. The Morgan fingerprint density at radius 3 is 2.33 bits per heavy atom. The van der Waals surface area contributed by atoms with Gasteiger partial charge in [-0.15, -0.1) is 12.4 Å². The first-order valence-electron chi connectivity index (χ1n) is 5.47. The number of benzene rings is 1. The van der Waals surface area contributed by atoms with E-state index in [1.54, 1.807) is 0 Å². The molecule has 0 saturated carbocycles. The van der Waals surface area contributed by atoms with Gasteiger partial charge >= 0.3 is 0 Å². The second-order valence-corrected chi connectivity index (χ2v) is 4.97. The zero-order valence-electron chi connectivity index (χ0n) is 10.2. The third-order valence-electron chi connectivity index (χ3n) is 3.01. The molecule has 1 unspecified atom stereocenters. The first-order valence-corrected chi connectivity index (χ1v) is 6.22. The molecule has 1 aromatic rings. The van der Waals surface area contributed by atoms with Gasteiger partial charge in [0, 0.05) is 10.6 Å². The Hall–Kier alpha value is -0.0600. The van der Waals surface area contributed by atoms with Crippen LogP contribution in [0.15, 0.2) is 12.1 Å². The van der Waals surface area contributed by atoms with Gasteiger partial charge in [-0.2, -0.15) is 0 Å². The molecule has 2 nitrogen and oxygen atoms in total. The molecular weight excluding hydrogens is 299 g/mol. The van der Waals surface area contributed by atoms with Gasteiger partial charge in [-0.3, -0.25) is 0 Å². The normalized spacial score (nSPS) is 15.7. The standard InChI is InChI=1S/C12H16Cl2FNO.ClH/c1-3-6(2)12(17)11(16)9-7(13)4-5-8(14)10(9)15;/h4-6,11-12,17H,3,16H2,1-2H3;1H/t6?,11-,12+;/m0./s1. The first-order chi connectivity index (χ1) is 7.90. The van der Waals surface area contributed by atoms with Crippen molar-refractivity contribution in [3.05, 3.63) is 33.6 Å². The van der Waals surface area contributed by atoms with Crippen molar-refractivity contribution in [1.82, 2.24) is 0 Å². The summed E-state index contributed by atoms with van der Waals surface area (Å²) >= 11 is 11.6. The Kier molecular flexibility index (Phi) is 7.48. The second kappa shape index (κ2) is 7.51. The molecule has 0 aliphatic carbocycles. The minimum absolute atomic E-state index is 0. The molecule has 0 aliphatic heterocycles. The van der Waals surface area contributed by atoms with Crippen molar-refractivity contribution in [2.75, 3.05) is 0 Å². The largest absolute Gasteiger partial charge is 0.391 e. The minimum Gasteiger partial charge on any atom is -0.391 e. The Morgan fingerprint density at radius 1 is 1.33 bits per heavy atom. The summed E-state index contributed by atoms with van der Waals surface area (Å²) in [5, 5.41) is 10.1. The van der Waals surface area contributed by atoms with Gasteiger partial charge in [0.05, 0.1) is 17.2 Å². The summed E-state index contributed by atoms with van der Waals surface area (Å²) in [5.74, 6) is -0.700. The average molecular weight is 317 g/mol. The van der Waals surface area contributed by atoms with Crippen molar-refractivity contribution in [2.45, 2.75) is 32.4 Å². The van der Waals surface area contributed by atoms with Crippen LogP contribution in [0.25, 0.3) is 0 Å². The fourth-order valence-corrected chi connectivity index (χ4v) is 2.05. The molecule has 6 heteroatoms. The molecule has 0 saturated heterocycles. The number of hydrogen-bond acceptors (Lipinski definition) is 2. The van der Waals surface area contributed by atoms with E-state index in [1.807, 2.05) is 13.8 Å². The van der Waals surface area contributed by atoms with E-state index < -0.39 is 18.0 Å². The van der Waals surface area contributed by atoms with Crippen molar-refractivity contribution in [2.24, 2.45) is 11.7 Å². The van der Waals surface area contributed by atoms with Gasteiger partial charge < -0.3 is 10.8 Å². The molecule has 0 radical (unpaired) electrons. The topological polar surface area (TPSA) is 46.2 Å². The Labute approximate surface area is 123 Å². The van der Waals surface area contributed by atoms with E-state index in [4.69, 9.17) is 28.9 Å². The predicted molar refractivity (Wildman–Crippen MR) is 76.1 cm³/mol. The van der Waals surface area contributed by atoms with Crippen LogP contribution in [-0.2, 0) is 0 Å². The van der Waals surface area contributed by atoms with Crippen LogP contribution >= 0.6 is 35.6 Å². The molecule has 0 spiro atoms. The highest BCUT2D eigenvalue weighted by atomic mass is 35.5. The summed E-state index contributed by atoms with van der Waals surface area (Å²) in [6.45, 7) is 3.78. The van der Waals surface area contributed by atoms with E-state index >= 15 is 0 Å². The maximum Gasteiger partial charge on any atom is 0.148 e. The highest BCUT2D eigenvalue weighted by molar-refractivity contribution is 6.33. The molecule has 0 aliphatic rings. The molecular formula is C12H17Cl3FNO. The number of nitrogens with two attached hydrogens (primary N) is 1. The van der Waals surface area contributed by atoms with E-state index in [-0.39, 0.29) is 33.9 Å². The zero-order valence-corrected chi connectivity index (χ0v) is 12.5. The van der Waals surface area contributed by atoms with Crippen molar-refractivity contribution in [1.29, 1.82) is 0 Å². The molecule has 1 aromatic carbocycles. The lowest BCUT2D eigenvalue weighted by Gasteiger charge is -2.25. The van der Waals surface area contributed by atoms with Crippen LogP contribution < -0.4 is 5.73 Å². The van der Waals surface area contributed by atoms with Crippen LogP contribution in [0.4, 0.5) is 4.39 Å². The fourth-order valence-electron chi connectivity index (χ4n) is 1.61. The molecule has 0 aromatic heterocycles. The van der Waals surface area contributed by atoms with Gasteiger partial charge in [0.25, 0.3) is 0 Å². The van der Waals surface area contributed by atoms with E-state index in [1.165, 1.54) is 12.1 Å². The molecule has 0 fully saturated rings. The van der Waals surface area contributed by atoms with Gasteiger partial charge in [-0.25, -0.2) is 4.39 Å². The first kappa shape index (κ1) is 17.9. The van der Waals surface area contributed by atoms with Gasteiger partial charge in [-0.05, 0) is 18.1 Å². The molecule has 0 bridgehead atoms. The van der Waals surface area contributed by atoms with E-state index in [9.17, 15) is 9.50 Å². The predicted octanol–water partition coefficient (Wildman–Crippen LogP) is 3.96. The van der Waals surface area contributed by atoms with Gasteiger partial charge in [0.15, 0.2) is 0 Å². The summed E-state index contributed by atoms with van der Waals surface area (Å²) in [4.78, 5) is 0. The van der Waals surface area contributed by atoms with Crippen LogP contribution in [0.5, 0.6) is 0 Å². The van der Waals surface area contributed by atoms with Crippen molar-refractivity contribution in [3.8, 4) is 0 Å². The maximum atomic E-state index is 13.8. The Balaban J connectivity index is 0.00000289. The molecule has 0 heterocycles. The Bertz CT molecular complexity index is 403. The van der Waals surface area contributed by atoms with Crippen molar-refractivity contribution in [3.63, 3.8) is 0 Å². The fraction of sp³-hybridized carbons (Fsp3) is 0.500. The highest BCUT2D eigenvalue weighted by Gasteiger charge is 2.27. The molecule has 3 atom stereocenters. The molecule has 18 heavy (non-hydrogen) atoms. The average Bonchev–Trinajstić information content (AvgIpc) is 2.32. The van der Waals surface area contributed by atoms with Crippen LogP contribution in [-0.4, -0.2) is 11.2 Å². The summed E-state index contributed by atoms with van der Waals surface area (Å²) < 4.78 is 13.8. The van der Waals surface area contributed by atoms with E-state index in [0.29, 0.717) is 0 Å². The van der Waals surface area contributed by atoms with E-state index in [0.717, 1.165) is 6.42 Å². The smallest absolute Gasteiger partial charge is 0.148 e. The lowest BCUT2D eigenvalue weighted by molar-refractivity contribution is 0.0868. The van der Waals surface area contributed by atoms with Crippen molar-refractivity contribution < 1.29 is 9.50 Å². The SMILES string of the molecule is CCC(C)[C@@H](O)[C@@H](N)c1c(Cl)ccc(Cl)c1F.Cl. The quantitative estimate of drug-likeness (QED) is 0.826. The van der Waals surface area contributed by atoms with Gasteiger partial charge in [0.1, 0.15) is 5.82 Å². The molecule has 0 amide bonds. The molecule has 3 N–H and O–H groups in total. The third-order valence-corrected chi connectivity index (χ3v) is 3.63. The number of rotatable bonds is 4. The van der Waals surface area contributed by atoms with Gasteiger partial charge in [0.2, 0.25) is 0 Å². The number of aliphatic hydroxyl groups is 1. The zero-order chi connectivity index (χ0) is 13.2. The van der Waals surface area contributed by atoms with Crippen LogP contribution in [0.2, 0.25) is 10.0 Å². The molecule has 104 valence electrons. The monoisotopic (exact) mass is 315 g/mol. The van der Waals surface area contributed by atoms with Crippen molar-refractivity contribution >= 4 is 35.6 Å². The summed E-state index contributed by atoms with van der Waals surface area (Å²) in [7, 11) is 0. The third kappa shape index (κ3) is 3.72. The van der Waals surface area contributed by atoms with Crippen LogP contribution in [0.3, 0.4) is 0 Å². The number of aliphatic hydroxyl groups excluding tert-OH is 1. The Morgan fingerprint density at radius 2 is 1.83 bits per heavy atom. The number of hydrogen-bond donors (Lipinski definition) is 2. The van der Waals surface area contributed by atoms with E-state index in [2.05, 4.69) is 0 Å². The van der Waals surface area contributed by atoms with Crippen LogP contribution in [0, 0.1) is 11.7 Å². The highest BCUT2D eigenvalue weighted by Crippen LogP contribution is 2.32.